The SMILES string of the molecule is CC(C)(C)OC(=O)NN(CCCSC(c1ccccc1)(c1ccccc1)c1ccccc1)C1CCOc2c(C(=O)NCCc3ccccc3)cccc21. The van der Waals surface area contributed by atoms with Gasteiger partial charge in [-0.25, -0.2) is 9.80 Å². The molecule has 1 aliphatic rings. The number of carbonyl (C=O) groups excluding carboxylic acids is 2. The van der Waals surface area contributed by atoms with Gasteiger partial charge in [0.05, 0.1) is 23.0 Å². The lowest BCUT2D eigenvalue weighted by molar-refractivity contribution is 0.0185. The maximum absolute atomic E-state index is 13.5. The molecule has 0 aromatic heterocycles. The van der Waals surface area contributed by atoms with Gasteiger partial charge in [-0.3, -0.25) is 10.2 Å². The van der Waals surface area contributed by atoms with E-state index >= 15 is 0 Å². The number of amides is 2. The van der Waals surface area contributed by atoms with Crippen LogP contribution in [0.1, 0.15) is 77.8 Å². The highest BCUT2D eigenvalue weighted by atomic mass is 32.2. The van der Waals surface area contributed by atoms with Crippen LogP contribution in [0.25, 0.3) is 0 Å². The molecule has 0 saturated carbocycles. The number of thioether (sulfide) groups is 1. The first-order valence-corrected chi connectivity index (χ1v) is 19.4. The van der Waals surface area contributed by atoms with E-state index in [-0.39, 0.29) is 11.9 Å². The Kier molecular flexibility index (Phi) is 12.6. The van der Waals surface area contributed by atoms with Crippen LogP contribution in [-0.2, 0) is 15.9 Å². The van der Waals surface area contributed by atoms with Crippen molar-refractivity contribution in [2.45, 2.75) is 56.4 Å². The summed E-state index contributed by atoms with van der Waals surface area (Å²) in [5.41, 5.74) is 8.56. The fourth-order valence-electron chi connectivity index (χ4n) is 6.91. The lowest BCUT2D eigenvalue weighted by Gasteiger charge is -2.37. The minimum absolute atomic E-state index is 0.180. The molecule has 0 bridgehead atoms. The van der Waals surface area contributed by atoms with Crippen LogP contribution in [0.2, 0.25) is 0 Å². The maximum Gasteiger partial charge on any atom is 0.422 e. The van der Waals surface area contributed by atoms with Crippen LogP contribution in [0.5, 0.6) is 5.75 Å². The van der Waals surface area contributed by atoms with Gasteiger partial charge in [-0.2, -0.15) is 0 Å². The van der Waals surface area contributed by atoms with Crippen molar-refractivity contribution in [2.75, 3.05) is 25.4 Å². The summed E-state index contributed by atoms with van der Waals surface area (Å²) in [4.78, 5) is 26.8. The molecule has 8 heteroatoms. The van der Waals surface area contributed by atoms with Crippen molar-refractivity contribution >= 4 is 23.8 Å². The molecule has 1 unspecified atom stereocenters. The van der Waals surface area contributed by atoms with Crippen molar-refractivity contribution in [3.8, 4) is 5.75 Å². The van der Waals surface area contributed by atoms with Gasteiger partial charge in [0.2, 0.25) is 0 Å². The second-order valence-corrected chi connectivity index (χ2v) is 15.5. The highest BCUT2D eigenvalue weighted by Crippen LogP contribution is 2.48. The molecular weight excluding hydrogens is 679 g/mol. The summed E-state index contributed by atoms with van der Waals surface area (Å²) < 4.78 is 11.5. The standard InChI is InChI=1S/C45H49N3O4S/c1-44(2,3)52-43(50)47-48(40-29-32-51-41-38(40)26-16-27-39(41)42(49)46-30-28-34-18-8-4-9-19-34)31-17-33-53-45(35-20-10-5-11-21-35,36-22-12-6-13-23-36)37-24-14-7-15-25-37/h4-16,18-27,40H,17,28-33H2,1-3H3,(H,46,49)(H,47,50). The zero-order valence-electron chi connectivity index (χ0n) is 30.8. The largest absolute Gasteiger partial charge is 0.492 e. The number of nitrogens with zero attached hydrogens (tertiary/aromatic N) is 1. The van der Waals surface area contributed by atoms with E-state index in [1.165, 1.54) is 16.7 Å². The van der Waals surface area contributed by atoms with Crippen LogP contribution in [0, 0.1) is 0 Å². The second-order valence-electron chi connectivity index (χ2n) is 14.2. The van der Waals surface area contributed by atoms with E-state index in [0.29, 0.717) is 37.4 Å². The molecule has 0 saturated heterocycles. The summed E-state index contributed by atoms with van der Waals surface area (Å²) in [5, 5.41) is 5.05. The number of rotatable bonds is 14. The van der Waals surface area contributed by atoms with Gasteiger partial charge in [-0.1, -0.05) is 133 Å². The molecule has 1 atom stereocenters. The fraction of sp³-hybridized carbons (Fsp3) is 0.289. The first-order valence-electron chi connectivity index (χ1n) is 18.4. The molecule has 1 aliphatic heterocycles. The number of nitrogens with one attached hydrogen (secondary N) is 2. The van der Waals surface area contributed by atoms with Crippen LogP contribution in [0.15, 0.2) is 140 Å². The Morgan fingerprint density at radius 2 is 1.34 bits per heavy atom. The number of ether oxygens (including phenoxy) is 2. The molecule has 0 spiro atoms. The number of hydrazine groups is 1. The van der Waals surface area contributed by atoms with E-state index in [9.17, 15) is 9.59 Å². The topological polar surface area (TPSA) is 79.9 Å². The Labute approximate surface area is 318 Å². The summed E-state index contributed by atoms with van der Waals surface area (Å²) in [6.07, 6.45) is 1.62. The number of hydrogen-bond donors (Lipinski definition) is 2. The number of fused-ring (bicyclic) bond motifs is 1. The van der Waals surface area contributed by atoms with Crippen molar-refractivity contribution in [1.29, 1.82) is 0 Å². The van der Waals surface area contributed by atoms with Gasteiger partial charge in [0.25, 0.3) is 5.91 Å². The number of benzene rings is 5. The van der Waals surface area contributed by atoms with Crippen molar-refractivity contribution in [3.63, 3.8) is 0 Å². The van der Waals surface area contributed by atoms with Gasteiger partial charge >= 0.3 is 6.09 Å². The first kappa shape index (κ1) is 37.7. The van der Waals surface area contributed by atoms with Gasteiger partial charge in [-0.05, 0) is 67.7 Å². The van der Waals surface area contributed by atoms with Crippen LogP contribution in [-0.4, -0.2) is 48.1 Å². The zero-order chi connectivity index (χ0) is 37.1. The molecule has 53 heavy (non-hydrogen) atoms. The summed E-state index contributed by atoms with van der Waals surface area (Å²) in [7, 11) is 0. The van der Waals surface area contributed by atoms with Crippen molar-refractivity contribution in [3.05, 3.63) is 173 Å². The van der Waals surface area contributed by atoms with E-state index in [2.05, 4.69) is 114 Å². The van der Waals surface area contributed by atoms with Gasteiger partial charge in [0.1, 0.15) is 11.4 Å². The summed E-state index contributed by atoms with van der Waals surface area (Å²) in [5.74, 6) is 1.17. The molecule has 274 valence electrons. The molecule has 7 nitrogen and oxygen atoms in total. The first-order chi connectivity index (χ1) is 25.7. The predicted octanol–water partition coefficient (Wildman–Crippen LogP) is 9.34. The van der Waals surface area contributed by atoms with Crippen LogP contribution in [0.4, 0.5) is 4.79 Å². The summed E-state index contributed by atoms with van der Waals surface area (Å²) >= 11 is 1.90. The van der Waals surface area contributed by atoms with Gasteiger partial charge in [0.15, 0.2) is 0 Å². The monoisotopic (exact) mass is 727 g/mol. The minimum Gasteiger partial charge on any atom is -0.492 e. The quantitative estimate of drug-likeness (QED) is 0.0675. The molecule has 2 N–H and O–H groups in total. The summed E-state index contributed by atoms with van der Waals surface area (Å²) in [6, 6.07) is 47.6. The van der Waals surface area contributed by atoms with Gasteiger partial charge in [0, 0.05) is 25.1 Å². The Balaban J connectivity index is 1.24. The Morgan fingerprint density at radius 3 is 1.91 bits per heavy atom. The fourth-order valence-corrected chi connectivity index (χ4v) is 8.39. The van der Waals surface area contributed by atoms with Crippen LogP contribution >= 0.6 is 11.8 Å². The smallest absolute Gasteiger partial charge is 0.422 e. The lowest BCUT2D eigenvalue weighted by Crippen LogP contribution is -2.48. The Morgan fingerprint density at radius 1 is 0.774 bits per heavy atom. The normalized spacial score (nSPS) is 14.2. The van der Waals surface area contributed by atoms with Crippen molar-refractivity contribution in [1.82, 2.24) is 15.8 Å². The third kappa shape index (κ3) is 9.50. The molecular formula is C45H49N3O4S. The number of para-hydroxylation sites is 1. The highest BCUT2D eigenvalue weighted by molar-refractivity contribution is 8.00. The second kappa shape index (κ2) is 17.6. The average molecular weight is 728 g/mol. The van der Waals surface area contributed by atoms with Crippen molar-refractivity contribution in [2.24, 2.45) is 0 Å². The van der Waals surface area contributed by atoms with Crippen LogP contribution in [0.3, 0.4) is 0 Å². The molecule has 0 aliphatic carbocycles. The molecule has 0 radical (unpaired) electrons. The number of hydrogen-bond acceptors (Lipinski definition) is 6. The van der Waals surface area contributed by atoms with E-state index in [4.69, 9.17) is 9.47 Å². The average Bonchev–Trinajstić information content (AvgIpc) is 3.18. The number of carbonyl (C=O) groups is 2. The molecule has 5 aromatic carbocycles. The zero-order valence-corrected chi connectivity index (χ0v) is 31.6. The van der Waals surface area contributed by atoms with Gasteiger partial charge < -0.3 is 14.8 Å². The van der Waals surface area contributed by atoms with E-state index in [0.717, 1.165) is 29.7 Å². The van der Waals surface area contributed by atoms with E-state index in [1.807, 2.05) is 67.9 Å². The Hall–Kier alpha value is -5.05. The molecule has 1 heterocycles. The summed E-state index contributed by atoms with van der Waals surface area (Å²) in [6.45, 7) is 7.05. The van der Waals surface area contributed by atoms with Gasteiger partial charge in [-0.15, -0.1) is 11.8 Å². The highest BCUT2D eigenvalue weighted by Gasteiger charge is 2.37. The minimum atomic E-state index is -0.662. The maximum atomic E-state index is 13.5. The third-order valence-corrected chi connectivity index (χ3v) is 10.9. The van der Waals surface area contributed by atoms with E-state index in [1.54, 1.807) is 6.07 Å². The molecule has 6 rings (SSSR count). The molecule has 0 fully saturated rings. The Bertz CT molecular complexity index is 1820. The predicted molar refractivity (Wildman–Crippen MR) is 214 cm³/mol. The van der Waals surface area contributed by atoms with Crippen LogP contribution < -0.4 is 15.5 Å². The molecule has 5 aromatic rings. The van der Waals surface area contributed by atoms with E-state index < -0.39 is 16.4 Å². The van der Waals surface area contributed by atoms with Crippen molar-refractivity contribution < 1.29 is 19.1 Å². The molecule has 2 amide bonds. The lowest BCUT2D eigenvalue weighted by atomic mass is 9.84. The third-order valence-electron chi connectivity index (χ3n) is 9.24.